The molecule has 0 aliphatic carbocycles. The van der Waals surface area contributed by atoms with E-state index in [-0.39, 0.29) is 6.09 Å². The lowest BCUT2D eigenvalue weighted by molar-refractivity contribution is 0.101. The van der Waals surface area contributed by atoms with Gasteiger partial charge in [0.05, 0.1) is 6.61 Å². The van der Waals surface area contributed by atoms with Crippen molar-refractivity contribution in [2.24, 2.45) is 0 Å². The van der Waals surface area contributed by atoms with E-state index in [0.717, 1.165) is 32.4 Å². The van der Waals surface area contributed by atoms with E-state index < -0.39 is 0 Å². The van der Waals surface area contributed by atoms with Crippen LogP contribution in [0.1, 0.15) is 156 Å². The van der Waals surface area contributed by atoms with Gasteiger partial charge in [0.15, 0.2) is 0 Å². The van der Waals surface area contributed by atoms with Crippen LogP contribution in [0.15, 0.2) is 0 Å². The number of carbonyl (C=O) groups excluding carboxylic acids is 1. The van der Waals surface area contributed by atoms with Gasteiger partial charge in [-0.2, -0.15) is 0 Å². The van der Waals surface area contributed by atoms with Crippen molar-refractivity contribution in [3.05, 3.63) is 0 Å². The second-order valence-electron chi connectivity index (χ2n) is 9.47. The monoisotopic (exact) mass is 439 g/mol. The molecule has 0 atom stereocenters. The number of rotatable bonds is 24. The Hall–Kier alpha value is -0.730. The van der Waals surface area contributed by atoms with Crippen molar-refractivity contribution in [3.8, 4) is 0 Å². The maximum Gasteiger partial charge on any atom is 0.409 e. The maximum absolute atomic E-state index is 12.4. The zero-order chi connectivity index (χ0) is 22.8. The molecule has 0 rings (SSSR count). The Labute approximate surface area is 196 Å². The second kappa shape index (κ2) is 25.5. The minimum Gasteiger partial charge on any atom is -0.449 e. The van der Waals surface area contributed by atoms with Crippen LogP contribution in [0.3, 0.4) is 0 Å². The summed E-state index contributed by atoms with van der Waals surface area (Å²) < 4.78 is 5.42. The zero-order valence-corrected chi connectivity index (χ0v) is 21.7. The topological polar surface area (TPSA) is 29.5 Å². The molecule has 186 valence electrons. The standard InChI is InChI=1S/C28H57NO2/c1-4-7-9-11-13-15-17-19-21-23-25-29(28(30)31-27-6-3)26-24-22-20-18-16-14-12-10-8-5-2/h4-27H2,1-3H3. The minimum absolute atomic E-state index is 0.0892. The van der Waals surface area contributed by atoms with E-state index in [2.05, 4.69) is 20.8 Å². The summed E-state index contributed by atoms with van der Waals surface area (Å²) in [4.78, 5) is 14.4. The van der Waals surface area contributed by atoms with Crippen LogP contribution >= 0.6 is 0 Å². The van der Waals surface area contributed by atoms with E-state index >= 15 is 0 Å². The molecule has 0 unspecified atom stereocenters. The molecule has 0 radical (unpaired) electrons. The molecule has 0 aromatic heterocycles. The normalized spacial score (nSPS) is 11.1. The average Bonchev–Trinajstić information content (AvgIpc) is 2.78. The third-order valence-corrected chi connectivity index (χ3v) is 6.25. The number of ether oxygens (including phenoxy) is 1. The van der Waals surface area contributed by atoms with Gasteiger partial charge in [0.1, 0.15) is 0 Å². The average molecular weight is 440 g/mol. The Morgan fingerprint density at radius 3 is 1.13 bits per heavy atom. The summed E-state index contributed by atoms with van der Waals surface area (Å²) in [5.74, 6) is 0. The number of unbranched alkanes of at least 4 members (excludes halogenated alkanes) is 18. The molecule has 1 amide bonds. The molecule has 0 aromatic carbocycles. The summed E-state index contributed by atoms with van der Waals surface area (Å²) >= 11 is 0. The summed E-state index contributed by atoms with van der Waals surface area (Å²) in [6, 6.07) is 0. The first-order valence-electron chi connectivity index (χ1n) is 14.2. The molecular formula is C28H57NO2. The van der Waals surface area contributed by atoms with Crippen LogP contribution in [0.5, 0.6) is 0 Å². The Balaban J connectivity index is 3.80. The predicted octanol–water partition coefficient (Wildman–Crippen LogP) is 9.68. The largest absolute Gasteiger partial charge is 0.449 e. The SMILES string of the molecule is CCCCCCCCCCCCN(CCCCCCCCCCCC)C(=O)OCCC. The van der Waals surface area contributed by atoms with Gasteiger partial charge in [-0.25, -0.2) is 4.79 Å². The Morgan fingerprint density at radius 2 is 0.806 bits per heavy atom. The van der Waals surface area contributed by atoms with Crippen LogP contribution in [0.25, 0.3) is 0 Å². The Kier molecular flexibility index (Phi) is 24.9. The number of hydrogen-bond acceptors (Lipinski definition) is 2. The van der Waals surface area contributed by atoms with Crippen molar-refractivity contribution < 1.29 is 9.53 Å². The highest BCUT2D eigenvalue weighted by molar-refractivity contribution is 5.67. The van der Waals surface area contributed by atoms with Gasteiger partial charge in [0.2, 0.25) is 0 Å². The van der Waals surface area contributed by atoms with Crippen molar-refractivity contribution in [3.63, 3.8) is 0 Å². The van der Waals surface area contributed by atoms with E-state index in [9.17, 15) is 4.79 Å². The van der Waals surface area contributed by atoms with Gasteiger partial charge in [-0.15, -0.1) is 0 Å². The Bertz CT molecular complexity index is 335. The first-order chi connectivity index (χ1) is 15.3. The number of carbonyl (C=O) groups is 1. The molecule has 3 heteroatoms. The Morgan fingerprint density at radius 1 is 0.484 bits per heavy atom. The highest BCUT2D eigenvalue weighted by Gasteiger charge is 2.13. The van der Waals surface area contributed by atoms with Crippen molar-refractivity contribution in [1.82, 2.24) is 4.90 Å². The van der Waals surface area contributed by atoms with Crippen molar-refractivity contribution in [1.29, 1.82) is 0 Å². The first kappa shape index (κ1) is 30.3. The first-order valence-corrected chi connectivity index (χ1v) is 14.2. The fraction of sp³-hybridized carbons (Fsp3) is 0.964. The third-order valence-electron chi connectivity index (χ3n) is 6.25. The van der Waals surface area contributed by atoms with Crippen molar-refractivity contribution >= 4 is 6.09 Å². The van der Waals surface area contributed by atoms with E-state index in [1.807, 2.05) is 4.90 Å². The van der Waals surface area contributed by atoms with E-state index in [0.29, 0.717) is 6.61 Å². The van der Waals surface area contributed by atoms with E-state index in [1.165, 1.54) is 116 Å². The maximum atomic E-state index is 12.4. The molecule has 0 saturated carbocycles. The van der Waals surface area contributed by atoms with Crippen LogP contribution in [0, 0.1) is 0 Å². The molecular weight excluding hydrogens is 382 g/mol. The van der Waals surface area contributed by atoms with Crippen LogP contribution in [0.2, 0.25) is 0 Å². The van der Waals surface area contributed by atoms with Gasteiger partial charge in [-0.3, -0.25) is 0 Å². The molecule has 31 heavy (non-hydrogen) atoms. The highest BCUT2D eigenvalue weighted by atomic mass is 16.6. The second-order valence-corrected chi connectivity index (χ2v) is 9.47. The molecule has 0 bridgehead atoms. The van der Waals surface area contributed by atoms with Gasteiger partial charge in [0, 0.05) is 13.1 Å². The quantitative estimate of drug-likeness (QED) is 0.140. The van der Waals surface area contributed by atoms with Crippen LogP contribution in [0.4, 0.5) is 4.79 Å². The van der Waals surface area contributed by atoms with Crippen LogP contribution < -0.4 is 0 Å². The lowest BCUT2D eigenvalue weighted by atomic mass is 10.1. The van der Waals surface area contributed by atoms with Crippen LogP contribution in [-0.2, 0) is 4.74 Å². The smallest absolute Gasteiger partial charge is 0.409 e. The molecule has 0 spiro atoms. The fourth-order valence-electron chi connectivity index (χ4n) is 4.16. The molecule has 0 N–H and O–H groups in total. The number of hydrogen-bond donors (Lipinski definition) is 0. The third kappa shape index (κ3) is 22.3. The van der Waals surface area contributed by atoms with E-state index in [1.54, 1.807) is 0 Å². The molecule has 3 nitrogen and oxygen atoms in total. The summed E-state index contributed by atoms with van der Waals surface area (Å²) in [5.41, 5.74) is 0. The van der Waals surface area contributed by atoms with Crippen molar-refractivity contribution in [2.45, 2.75) is 156 Å². The highest BCUT2D eigenvalue weighted by Crippen LogP contribution is 2.13. The molecule has 0 heterocycles. The number of amides is 1. The van der Waals surface area contributed by atoms with Crippen LogP contribution in [-0.4, -0.2) is 30.7 Å². The molecule has 0 fully saturated rings. The molecule has 0 aromatic rings. The summed E-state index contributed by atoms with van der Waals surface area (Å²) in [6.07, 6.45) is 27.5. The molecule has 0 saturated heterocycles. The van der Waals surface area contributed by atoms with E-state index in [4.69, 9.17) is 4.74 Å². The van der Waals surface area contributed by atoms with Crippen molar-refractivity contribution in [2.75, 3.05) is 19.7 Å². The predicted molar refractivity (Wildman–Crippen MR) is 137 cm³/mol. The summed E-state index contributed by atoms with van der Waals surface area (Å²) in [5, 5.41) is 0. The zero-order valence-electron chi connectivity index (χ0n) is 21.7. The number of nitrogens with zero attached hydrogens (tertiary/aromatic N) is 1. The lowest BCUT2D eigenvalue weighted by Gasteiger charge is -2.22. The van der Waals surface area contributed by atoms with Gasteiger partial charge in [-0.1, -0.05) is 136 Å². The van der Waals surface area contributed by atoms with Gasteiger partial charge in [-0.05, 0) is 19.3 Å². The fourth-order valence-corrected chi connectivity index (χ4v) is 4.16. The van der Waals surface area contributed by atoms with Gasteiger partial charge in [0.25, 0.3) is 0 Å². The van der Waals surface area contributed by atoms with Gasteiger partial charge >= 0.3 is 6.09 Å². The molecule has 0 aliphatic rings. The minimum atomic E-state index is -0.0892. The summed E-state index contributed by atoms with van der Waals surface area (Å²) in [6.45, 7) is 8.90. The molecule has 0 aliphatic heterocycles. The lowest BCUT2D eigenvalue weighted by Crippen LogP contribution is -2.33. The summed E-state index contributed by atoms with van der Waals surface area (Å²) in [7, 11) is 0. The van der Waals surface area contributed by atoms with Gasteiger partial charge < -0.3 is 9.64 Å².